The zero-order chi connectivity index (χ0) is 8.43. The van der Waals surface area contributed by atoms with Crippen molar-refractivity contribution in [1.82, 2.24) is 0 Å². The van der Waals surface area contributed by atoms with Crippen LogP contribution in [0, 0.1) is 11.6 Å². The second-order valence-electron chi connectivity index (χ2n) is 2.03. The number of hydrogen-bond acceptors (Lipinski definition) is 1. The minimum absolute atomic E-state index is 0.0337. The van der Waals surface area contributed by atoms with Crippen LogP contribution in [0.4, 0.5) is 8.78 Å². The Balaban J connectivity index is 3.20. The van der Waals surface area contributed by atoms with Gasteiger partial charge in [-0.2, -0.15) is 0 Å². The van der Waals surface area contributed by atoms with Crippen molar-refractivity contribution in [3.05, 3.63) is 29.8 Å². The molecule has 0 aromatic heterocycles. The van der Waals surface area contributed by atoms with Crippen LogP contribution in [0.2, 0.25) is 0 Å². The van der Waals surface area contributed by atoms with Crippen LogP contribution < -0.4 is 0 Å². The third-order valence-electron chi connectivity index (χ3n) is 1.20. The van der Waals surface area contributed by atoms with Crippen LogP contribution in [0.15, 0.2) is 23.1 Å². The lowest BCUT2D eigenvalue weighted by Gasteiger charge is -1.96. The SMILES string of the molecule is C[S@@](=O)c1ccc(F)cc1F. The molecule has 11 heavy (non-hydrogen) atoms. The predicted octanol–water partition coefficient (Wildman–Crippen LogP) is 1.70. The predicted molar refractivity (Wildman–Crippen MR) is 38.7 cm³/mol. The Labute approximate surface area is 65.5 Å². The average molecular weight is 176 g/mol. The Kier molecular flexibility index (Phi) is 2.34. The van der Waals surface area contributed by atoms with Crippen molar-refractivity contribution >= 4 is 10.8 Å². The molecular formula is C7H6F2OS. The summed E-state index contributed by atoms with van der Waals surface area (Å²) in [4.78, 5) is 0.0337. The van der Waals surface area contributed by atoms with Gasteiger partial charge in [0.15, 0.2) is 0 Å². The molecule has 0 aliphatic heterocycles. The molecule has 0 radical (unpaired) electrons. The number of hydrogen-bond donors (Lipinski definition) is 0. The summed E-state index contributed by atoms with van der Waals surface area (Å²) in [5.74, 6) is -1.41. The Bertz CT molecular complexity index is 298. The summed E-state index contributed by atoms with van der Waals surface area (Å²) in [6.07, 6.45) is 1.34. The van der Waals surface area contributed by atoms with Crippen LogP contribution in [0.1, 0.15) is 0 Å². The summed E-state index contributed by atoms with van der Waals surface area (Å²) in [6, 6.07) is 2.98. The lowest BCUT2D eigenvalue weighted by Crippen LogP contribution is -1.92. The van der Waals surface area contributed by atoms with E-state index < -0.39 is 22.4 Å². The third-order valence-corrected chi connectivity index (χ3v) is 2.15. The van der Waals surface area contributed by atoms with Crippen LogP contribution in [0.25, 0.3) is 0 Å². The number of benzene rings is 1. The van der Waals surface area contributed by atoms with Gasteiger partial charge in [-0.3, -0.25) is 4.21 Å². The second-order valence-corrected chi connectivity index (χ2v) is 3.38. The van der Waals surface area contributed by atoms with E-state index in [2.05, 4.69) is 0 Å². The van der Waals surface area contributed by atoms with E-state index in [9.17, 15) is 13.0 Å². The molecule has 1 aromatic carbocycles. The van der Waals surface area contributed by atoms with Gasteiger partial charge in [0.05, 0.1) is 15.7 Å². The van der Waals surface area contributed by atoms with Gasteiger partial charge >= 0.3 is 0 Å². The molecule has 1 rings (SSSR count). The van der Waals surface area contributed by atoms with Crippen LogP contribution in [0.5, 0.6) is 0 Å². The van der Waals surface area contributed by atoms with Gasteiger partial charge in [0.2, 0.25) is 0 Å². The normalized spacial score (nSPS) is 13.0. The van der Waals surface area contributed by atoms with Crippen molar-refractivity contribution in [3.8, 4) is 0 Å². The zero-order valence-electron chi connectivity index (χ0n) is 5.80. The van der Waals surface area contributed by atoms with Crippen LogP contribution in [-0.2, 0) is 10.8 Å². The van der Waals surface area contributed by atoms with Crippen molar-refractivity contribution in [2.24, 2.45) is 0 Å². The highest BCUT2D eigenvalue weighted by Gasteiger charge is 2.05. The molecule has 0 amide bonds. The minimum Gasteiger partial charge on any atom is -0.255 e. The van der Waals surface area contributed by atoms with Crippen molar-refractivity contribution in [2.45, 2.75) is 4.90 Å². The van der Waals surface area contributed by atoms with E-state index in [0.717, 1.165) is 12.1 Å². The highest BCUT2D eigenvalue weighted by Crippen LogP contribution is 2.11. The van der Waals surface area contributed by atoms with Crippen LogP contribution in [-0.4, -0.2) is 10.5 Å². The van der Waals surface area contributed by atoms with Crippen molar-refractivity contribution in [1.29, 1.82) is 0 Å². The van der Waals surface area contributed by atoms with Gasteiger partial charge in [-0.15, -0.1) is 0 Å². The van der Waals surface area contributed by atoms with E-state index in [1.807, 2.05) is 0 Å². The largest absolute Gasteiger partial charge is 0.255 e. The minimum atomic E-state index is -1.39. The van der Waals surface area contributed by atoms with Gasteiger partial charge in [-0.1, -0.05) is 0 Å². The molecule has 1 nitrogen and oxygen atoms in total. The molecule has 0 spiro atoms. The Morgan fingerprint density at radius 1 is 1.36 bits per heavy atom. The van der Waals surface area contributed by atoms with Gasteiger partial charge < -0.3 is 0 Å². The van der Waals surface area contributed by atoms with E-state index in [4.69, 9.17) is 0 Å². The lowest BCUT2D eigenvalue weighted by molar-refractivity contribution is 0.562. The van der Waals surface area contributed by atoms with Gasteiger partial charge in [-0.05, 0) is 12.1 Å². The number of rotatable bonds is 1. The molecule has 0 aliphatic carbocycles. The summed E-state index contributed by atoms with van der Waals surface area (Å²) in [5, 5.41) is 0. The average Bonchev–Trinajstić information content (AvgIpc) is 1.85. The highest BCUT2D eigenvalue weighted by atomic mass is 32.2. The maximum Gasteiger partial charge on any atom is 0.142 e. The Morgan fingerprint density at radius 2 is 2.00 bits per heavy atom. The maximum atomic E-state index is 12.7. The van der Waals surface area contributed by atoms with E-state index >= 15 is 0 Å². The van der Waals surface area contributed by atoms with Gasteiger partial charge in [0.1, 0.15) is 11.6 Å². The van der Waals surface area contributed by atoms with Gasteiger partial charge in [0.25, 0.3) is 0 Å². The fourth-order valence-corrected chi connectivity index (χ4v) is 1.30. The highest BCUT2D eigenvalue weighted by molar-refractivity contribution is 7.84. The fourth-order valence-electron chi connectivity index (χ4n) is 0.708. The van der Waals surface area contributed by atoms with Crippen molar-refractivity contribution < 1.29 is 13.0 Å². The fraction of sp³-hybridized carbons (Fsp3) is 0.143. The monoisotopic (exact) mass is 176 g/mol. The van der Waals surface area contributed by atoms with E-state index in [0.29, 0.717) is 0 Å². The summed E-state index contributed by atoms with van der Waals surface area (Å²) in [5.41, 5.74) is 0. The molecule has 0 fully saturated rings. The molecule has 0 aliphatic rings. The van der Waals surface area contributed by atoms with Crippen LogP contribution in [0.3, 0.4) is 0 Å². The Hall–Kier alpha value is -0.770. The number of halogens is 2. The first-order chi connectivity index (χ1) is 5.11. The Morgan fingerprint density at radius 3 is 2.45 bits per heavy atom. The topological polar surface area (TPSA) is 17.1 Å². The standard InChI is InChI=1S/C7H6F2OS/c1-11(10)7-3-2-5(8)4-6(7)9/h2-4H,1H3/t11-/m1/s1. The second kappa shape index (κ2) is 3.09. The first-order valence-corrected chi connectivity index (χ1v) is 4.45. The summed E-state index contributed by atoms with van der Waals surface area (Å²) in [6.45, 7) is 0. The van der Waals surface area contributed by atoms with Crippen molar-refractivity contribution in [3.63, 3.8) is 0 Å². The first kappa shape index (κ1) is 8.33. The summed E-state index contributed by atoms with van der Waals surface area (Å²) >= 11 is 0. The molecule has 60 valence electrons. The van der Waals surface area contributed by atoms with E-state index in [-0.39, 0.29) is 4.90 Å². The molecule has 0 N–H and O–H groups in total. The molecule has 4 heteroatoms. The zero-order valence-corrected chi connectivity index (χ0v) is 6.62. The third kappa shape index (κ3) is 1.83. The molecule has 0 bridgehead atoms. The van der Waals surface area contributed by atoms with Crippen molar-refractivity contribution in [2.75, 3.05) is 6.26 Å². The molecular weight excluding hydrogens is 170 g/mol. The molecule has 1 aromatic rings. The molecule has 0 heterocycles. The van der Waals surface area contributed by atoms with Gasteiger partial charge in [-0.25, -0.2) is 8.78 Å². The summed E-state index contributed by atoms with van der Waals surface area (Å²) < 4.78 is 35.7. The molecule has 1 atom stereocenters. The summed E-state index contributed by atoms with van der Waals surface area (Å²) in [7, 11) is -1.39. The molecule has 0 unspecified atom stereocenters. The first-order valence-electron chi connectivity index (χ1n) is 2.90. The van der Waals surface area contributed by atoms with E-state index in [1.165, 1.54) is 12.3 Å². The van der Waals surface area contributed by atoms with E-state index in [1.54, 1.807) is 0 Å². The smallest absolute Gasteiger partial charge is 0.142 e. The quantitative estimate of drug-likeness (QED) is 0.636. The van der Waals surface area contributed by atoms with Crippen LogP contribution >= 0.6 is 0 Å². The molecule has 0 saturated heterocycles. The lowest BCUT2D eigenvalue weighted by atomic mass is 10.3. The molecule has 0 saturated carbocycles. The maximum absolute atomic E-state index is 12.7. The van der Waals surface area contributed by atoms with Gasteiger partial charge in [0, 0.05) is 12.3 Å².